The first-order valence-corrected chi connectivity index (χ1v) is 7.72. The lowest BCUT2D eigenvalue weighted by molar-refractivity contribution is 0.300. The molecule has 0 aliphatic rings. The minimum absolute atomic E-state index is 0.0891. The van der Waals surface area contributed by atoms with Gasteiger partial charge in [-0.1, -0.05) is 6.07 Å². The van der Waals surface area contributed by atoms with Crippen molar-refractivity contribution >= 4 is 9.84 Å². The molecule has 1 aromatic rings. The van der Waals surface area contributed by atoms with Crippen LogP contribution in [0.1, 0.15) is 5.56 Å². The van der Waals surface area contributed by atoms with Gasteiger partial charge in [0.25, 0.3) is 0 Å². The molecule has 0 aliphatic carbocycles. The van der Waals surface area contributed by atoms with Crippen LogP contribution in [0.4, 0.5) is 4.39 Å². The van der Waals surface area contributed by atoms with Gasteiger partial charge in [-0.3, -0.25) is 0 Å². The van der Waals surface area contributed by atoms with Crippen LogP contribution < -0.4 is 10.1 Å². The Morgan fingerprint density at radius 3 is 2.72 bits per heavy atom. The molecular weight excluding hydrogens is 257 g/mol. The third-order valence-corrected chi connectivity index (χ3v) is 3.22. The van der Waals surface area contributed by atoms with Gasteiger partial charge in [-0.2, -0.15) is 0 Å². The van der Waals surface area contributed by atoms with Gasteiger partial charge in [0.2, 0.25) is 0 Å². The van der Waals surface area contributed by atoms with Crippen molar-refractivity contribution < 1.29 is 17.5 Å². The van der Waals surface area contributed by atoms with Crippen molar-refractivity contribution in [2.45, 2.75) is 6.92 Å². The Bertz CT molecular complexity index is 488. The summed E-state index contributed by atoms with van der Waals surface area (Å²) < 4.78 is 40.2. The van der Waals surface area contributed by atoms with E-state index in [1.165, 1.54) is 12.3 Å². The zero-order valence-electron chi connectivity index (χ0n) is 10.6. The predicted octanol–water partition coefficient (Wildman–Crippen LogP) is 1.15. The van der Waals surface area contributed by atoms with Crippen molar-refractivity contribution in [1.82, 2.24) is 5.32 Å². The lowest BCUT2D eigenvalue weighted by Crippen LogP contribution is -2.26. The Hall–Kier alpha value is -1.14. The summed E-state index contributed by atoms with van der Waals surface area (Å²) in [7, 11) is -2.94. The summed E-state index contributed by atoms with van der Waals surface area (Å²) in [6.45, 7) is 3.00. The maximum Gasteiger partial charge on any atom is 0.165 e. The molecule has 0 unspecified atom stereocenters. The van der Waals surface area contributed by atoms with Crippen LogP contribution in [0.2, 0.25) is 0 Å². The molecule has 0 amide bonds. The van der Waals surface area contributed by atoms with Crippen LogP contribution in [0.5, 0.6) is 5.75 Å². The van der Waals surface area contributed by atoms with E-state index in [0.29, 0.717) is 19.7 Å². The summed E-state index contributed by atoms with van der Waals surface area (Å²) in [5.41, 5.74) is 0.927. The van der Waals surface area contributed by atoms with Gasteiger partial charge in [0.1, 0.15) is 16.4 Å². The molecule has 0 fully saturated rings. The molecule has 1 aromatic carbocycles. The van der Waals surface area contributed by atoms with Gasteiger partial charge >= 0.3 is 0 Å². The smallest absolute Gasteiger partial charge is 0.165 e. The minimum atomic E-state index is -2.94. The summed E-state index contributed by atoms with van der Waals surface area (Å²) >= 11 is 0. The van der Waals surface area contributed by atoms with Crippen molar-refractivity contribution in [2.24, 2.45) is 0 Å². The second kappa shape index (κ2) is 6.70. The highest BCUT2D eigenvalue weighted by Gasteiger charge is 2.03. The quantitative estimate of drug-likeness (QED) is 0.758. The monoisotopic (exact) mass is 275 g/mol. The molecule has 0 aliphatic heterocycles. The third-order valence-electron chi connectivity index (χ3n) is 2.27. The Labute approximate surface area is 107 Å². The molecule has 0 saturated carbocycles. The highest BCUT2D eigenvalue weighted by Crippen LogP contribution is 2.17. The number of sulfone groups is 1. The zero-order valence-corrected chi connectivity index (χ0v) is 11.4. The number of aryl methyl sites for hydroxylation is 1. The summed E-state index contributed by atoms with van der Waals surface area (Å²) in [6, 6.07) is 4.67. The highest BCUT2D eigenvalue weighted by atomic mass is 32.2. The van der Waals surface area contributed by atoms with Gasteiger partial charge in [-0.25, -0.2) is 12.8 Å². The molecule has 102 valence electrons. The average Bonchev–Trinajstić information content (AvgIpc) is 2.26. The van der Waals surface area contributed by atoms with Crippen LogP contribution in [0.3, 0.4) is 0 Å². The number of nitrogens with one attached hydrogen (secondary N) is 1. The molecule has 6 heteroatoms. The van der Waals surface area contributed by atoms with E-state index in [0.717, 1.165) is 5.56 Å². The Kier molecular flexibility index (Phi) is 5.55. The summed E-state index contributed by atoms with van der Waals surface area (Å²) in [5, 5.41) is 2.92. The zero-order chi connectivity index (χ0) is 13.6. The van der Waals surface area contributed by atoms with E-state index in [1.54, 1.807) is 12.1 Å². The van der Waals surface area contributed by atoms with Crippen LogP contribution >= 0.6 is 0 Å². The van der Waals surface area contributed by atoms with Gasteiger partial charge in [-0.15, -0.1) is 0 Å². The molecule has 0 heterocycles. The van der Waals surface area contributed by atoms with Gasteiger partial charge < -0.3 is 10.1 Å². The molecule has 0 saturated heterocycles. The van der Waals surface area contributed by atoms with E-state index in [9.17, 15) is 12.8 Å². The maximum absolute atomic E-state index is 13.3. The normalized spacial score (nSPS) is 11.5. The standard InChI is InChI=1S/C12H18FNO3S/c1-10-3-4-11(13)12(9-10)17-7-5-14-6-8-18(2,15)16/h3-4,9,14H,5-8H2,1-2H3. The molecule has 0 bridgehead atoms. The summed E-state index contributed by atoms with van der Waals surface area (Å²) in [5.74, 6) is -0.0807. The summed E-state index contributed by atoms with van der Waals surface area (Å²) in [4.78, 5) is 0. The fraction of sp³-hybridized carbons (Fsp3) is 0.500. The molecule has 18 heavy (non-hydrogen) atoms. The molecule has 4 nitrogen and oxygen atoms in total. The second-order valence-electron chi connectivity index (χ2n) is 4.16. The van der Waals surface area contributed by atoms with Gasteiger partial charge in [-0.05, 0) is 24.6 Å². The largest absolute Gasteiger partial charge is 0.489 e. The molecule has 1 N–H and O–H groups in total. The SMILES string of the molecule is Cc1ccc(F)c(OCCNCCS(C)(=O)=O)c1. The van der Waals surface area contributed by atoms with Crippen LogP contribution in [0, 0.1) is 12.7 Å². The third kappa shape index (κ3) is 5.97. The van der Waals surface area contributed by atoms with Crippen LogP contribution in [-0.4, -0.2) is 40.1 Å². The van der Waals surface area contributed by atoms with E-state index in [1.807, 2.05) is 6.92 Å². The van der Waals surface area contributed by atoms with Gasteiger partial charge in [0.05, 0.1) is 5.75 Å². The molecule has 0 radical (unpaired) electrons. The first-order valence-electron chi connectivity index (χ1n) is 5.66. The molecule has 0 spiro atoms. The number of hydrogen-bond acceptors (Lipinski definition) is 4. The molecule has 0 aromatic heterocycles. The Balaban J connectivity index is 2.24. The lowest BCUT2D eigenvalue weighted by Gasteiger charge is -2.08. The summed E-state index contributed by atoms with van der Waals surface area (Å²) in [6.07, 6.45) is 1.19. The Morgan fingerprint density at radius 1 is 1.33 bits per heavy atom. The van der Waals surface area contributed by atoms with E-state index < -0.39 is 15.7 Å². The van der Waals surface area contributed by atoms with Gasteiger partial charge in [0, 0.05) is 19.3 Å². The van der Waals surface area contributed by atoms with Crippen LogP contribution in [-0.2, 0) is 9.84 Å². The van der Waals surface area contributed by atoms with E-state index in [2.05, 4.69) is 5.32 Å². The molecular formula is C12H18FNO3S. The highest BCUT2D eigenvalue weighted by molar-refractivity contribution is 7.90. The number of rotatable bonds is 7. The fourth-order valence-corrected chi connectivity index (χ4v) is 1.85. The van der Waals surface area contributed by atoms with E-state index >= 15 is 0 Å². The van der Waals surface area contributed by atoms with Crippen molar-refractivity contribution in [2.75, 3.05) is 31.7 Å². The second-order valence-corrected chi connectivity index (χ2v) is 6.42. The number of hydrogen-bond donors (Lipinski definition) is 1. The van der Waals surface area contributed by atoms with Crippen molar-refractivity contribution in [3.63, 3.8) is 0 Å². The van der Waals surface area contributed by atoms with Crippen molar-refractivity contribution in [3.05, 3.63) is 29.6 Å². The molecule has 0 atom stereocenters. The predicted molar refractivity (Wildman–Crippen MR) is 69.2 cm³/mol. The van der Waals surface area contributed by atoms with E-state index in [-0.39, 0.29) is 11.5 Å². The van der Waals surface area contributed by atoms with Crippen molar-refractivity contribution in [1.29, 1.82) is 0 Å². The minimum Gasteiger partial charge on any atom is -0.489 e. The lowest BCUT2D eigenvalue weighted by atomic mass is 10.2. The first-order chi connectivity index (χ1) is 8.38. The Morgan fingerprint density at radius 2 is 2.06 bits per heavy atom. The van der Waals surface area contributed by atoms with Crippen LogP contribution in [0.25, 0.3) is 0 Å². The van der Waals surface area contributed by atoms with Crippen LogP contribution in [0.15, 0.2) is 18.2 Å². The average molecular weight is 275 g/mol. The van der Waals surface area contributed by atoms with E-state index in [4.69, 9.17) is 4.74 Å². The van der Waals surface area contributed by atoms with Crippen molar-refractivity contribution in [3.8, 4) is 5.75 Å². The van der Waals surface area contributed by atoms with Gasteiger partial charge in [0.15, 0.2) is 11.6 Å². The molecule has 1 rings (SSSR count). The first kappa shape index (κ1) is 14.9. The number of benzene rings is 1. The number of ether oxygens (including phenoxy) is 1. The fourth-order valence-electron chi connectivity index (χ4n) is 1.34. The topological polar surface area (TPSA) is 55.4 Å². The maximum atomic E-state index is 13.3. The number of halogens is 1.